The van der Waals surface area contributed by atoms with Crippen molar-refractivity contribution in [1.29, 1.82) is 5.26 Å². The van der Waals surface area contributed by atoms with Gasteiger partial charge in [0, 0.05) is 24.5 Å². The van der Waals surface area contributed by atoms with Crippen LogP contribution in [0.4, 0.5) is 10.1 Å². The lowest BCUT2D eigenvalue weighted by molar-refractivity contribution is 0.101. The molecule has 0 bridgehead atoms. The van der Waals surface area contributed by atoms with Gasteiger partial charge in [-0.05, 0) is 31.0 Å². The highest BCUT2D eigenvalue weighted by atomic mass is 32.2. The van der Waals surface area contributed by atoms with Crippen LogP contribution < -0.4 is 10.0 Å². The van der Waals surface area contributed by atoms with Crippen molar-refractivity contribution in [1.82, 2.24) is 9.29 Å². The second-order valence-electron chi connectivity index (χ2n) is 6.68. The Morgan fingerprint density at radius 1 is 1.55 bits per heavy atom. The number of hydrogen-bond donors (Lipinski definition) is 3. The van der Waals surface area contributed by atoms with E-state index < -0.39 is 33.9 Å². The van der Waals surface area contributed by atoms with E-state index in [0.29, 0.717) is 5.56 Å². The third kappa shape index (κ3) is 3.93. The largest absolute Gasteiger partial charge is 0.387 e. The Labute approximate surface area is 167 Å². The third-order valence-corrected chi connectivity index (χ3v) is 6.31. The first kappa shape index (κ1) is 20.7. The predicted molar refractivity (Wildman–Crippen MR) is 103 cm³/mol. The predicted octanol–water partition coefficient (Wildman–Crippen LogP) is 1.43. The van der Waals surface area contributed by atoms with Crippen molar-refractivity contribution in [3.05, 3.63) is 59.7 Å². The van der Waals surface area contributed by atoms with Gasteiger partial charge in [-0.25, -0.2) is 17.5 Å². The van der Waals surface area contributed by atoms with Crippen molar-refractivity contribution in [2.24, 2.45) is 7.05 Å². The molecule has 2 heterocycles. The number of nitrogens with zero attached hydrogens (tertiary/aromatic N) is 2. The number of nitriles is 1. The summed E-state index contributed by atoms with van der Waals surface area (Å²) in [6.45, 7) is 3.48. The number of aryl methyl sites for hydroxylation is 1. The van der Waals surface area contributed by atoms with E-state index in [1.165, 1.54) is 29.0 Å². The maximum atomic E-state index is 13.5. The van der Waals surface area contributed by atoms with Gasteiger partial charge in [-0.2, -0.15) is 5.26 Å². The summed E-state index contributed by atoms with van der Waals surface area (Å²) in [6.07, 6.45) is 2.01. The van der Waals surface area contributed by atoms with Crippen LogP contribution in [-0.2, 0) is 23.5 Å². The van der Waals surface area contributed by atoms with E-state index >= 15 is 0 Å². The fraction of sp³-hybridized carbons (Fsp3) is 0.263. The summed E-state index contributed by atoms with van der Waals surface area (Å²) in [5, 5.41) is 21.5. The zero-order valence-corrected chi connectivity index (χ0v) is 16.3. The van der Waals surface area contributed by atoms with E-state index in [4.69, 9.17) is 5.26 Å². The van der Waals surface area contributed by atoms with Gasteiger partial charge >= 0.3 is 0 Å². The van der Waals surface area contributed by atoms with Crippen LogP contribution in [0, 0.1) is 17.1 Å². The Bertz CT molecular complexity index is 1130. The van der Waals surface area contributed by atoms with Gasteiger partial charge in [-0.3, -0.25) is 4.79 Å². The summed E-state index contributed by atoms with van der Waals surface area (Å²) in [5.41, 5.74) is 0.430. The molecule has 2 atom stereocenters. The lowest BCUT2D eigenvalue weighted by atomic mass is 10.0. The highest BCUT2D eigenvalue weighted by molar-refractivity contribution is 7.89. The summed E-state index contributed by atoms with van der Waals surface area (Å²) in [6, 6.07) is 4.50. The van der Waals surface area contributed by atoms with Crippen LogP contribution in [0.2, 0.25) is 0 Å². The van der Waals surface area contributed by atoms with Gasteiger partial charge in [-0.1, -0.05) is 6.08 Å². The van der Waals surface area contributed by atoms with Crippen molar-refractivity contribution in [3.8, 4) is 6.07 Å². The molecule has 1 unspecified atom stereocenters. The van der Waals surface area contributed by atoms with E-state index in [1.807, 2.05) is 0 Å². The van der Waals surface area contributed by atoms with E-state index in [0.717, 1.165) is 6.07 Å². The van der Waals surface area contributed by atoms with Crippen molar-refractivity contribution in [3.63, 3.8) is 0 Å². The number of anilines is 1. The minimum Gasteiger partial charge on any atom is -0.387 e. The molecule has 1 aromatic heterocycles. The molecule has 2 aromatic rings. The molecule has 1 aliphatic heterocycles. The van der Waals surface area contributed by atoms with Crippen molar-refractivity contribution < 1.29 is 22.7 Å². The van der Waals surface area contributed by atoms with Gasteiger partial charge in [0.25, 0.3) is 5.91 Å². The molecule has 8 nitrogen and oxygen atoms in total. The number of nitrogens with one attached hydrogen (secondary N) is 2. The zero-order valence-electron chi connectivity index (χ0n) is 15.5. The SMILES string of the molecule is C=C[C@H](O)C1CCc2c(cn(C)c2C(=O)Nc2ccc(F)c(C#N)c2)S(=O)(=O)N1. The molecule has 1 aromatic carbocycles. The lowest BCUT2D eigenvalue weighted by Crippen LogP contribution is -2.41. The number of amides is 1. The number of benzene rings is 1. The first-order valence-electron chi connectivity index (χ1n) is 8.70. The molecule has 0 radical (unpaired) electrons. The molecule has 0 saturated heterocycles. The Morgan fingerprint density at radius 2 is 2.28 bits per heavy atom. The monoisotopic (exact) mass is 418 g/mol. The first-order chi connectivity index (χ1) is 13.7. The number of halogens is 1. The number of aliphatic hydroxyl groups is 1. The number of rotatable bonds is 4. The molecule has 1 aliphatic rings. The topological polar surface area (TPSA) is 124 Å². The van der Waals surface area contributed by atoms with Gasteiger partial charge in [0.1, 0.15) is 22.5 Å². The van der Waals surface area contributed by atoms with Crippen LogP contribution in [0.3, 0.4) is 0 Å². The standard InChI is InChI=1S/C19H19FN4O4S/c1-3-16(25)15-7-5-13-17(29(27,28)23-15)10-24(2)18(13)19(26)22-12-4-6-14(20)11(8-12)9-21/h3-4,6,8,10,15-16,23,25H,1,5,7H2,2H3,(H,22,26)/t15?,16-/m0/s1. The molecule has 1 amide bonds. The van der Waals surface area contributed by atoms with Crippen LogP contribution in [0.1, 0.15) is 28.0 Å². The number of hydrogen-bond acceptors (Lipinski definition) is 5. The molecule has 152 valence electrons. The van der Waals surface area contributed by atoms with Crippen molar-refractivity contribution >= 4 is 21.6 Å². The summed E-state index contributed by atoms with van der Waals surface area (Å²) in [7, 11) is -2.42. The van der Waals surface area contributed by atoms with Gasteiger partial charge < -0.3 is 15.0 Å². The minimum absolute atomic E-state index is 0.0410. The summed E-state index contributed by atoms with van der Waals surface area (Å²) in [4.78, 5) is 12.8. The average Bonchev–Trinajstić information content (AvgIpc) is 2.96. The fourth-order valence-corrected chi connectivity index (χ4v) is 4.93. The number of carbonyl (C=O) groups excluding carboxylic acids is 1. The highest BCUT2D eigenvalue weighted by Gasteiger charge is 2.34. The Balaban J connectivity index is 1.97. The maximum Gasteiger partial charge on any atom is 0.272 e. The minimum atomic E-state index is -3.96. The first-order valence-corrected chi connectivity index (χ1v) is 10.2. The molecule has 3 N–H and O–H groups in total. The second kappa shape index (κ2) is 7.79. The van der Waals surface area contributed by atoms with Crippen LogP contribution in [-0.4, -0.2) is 36.1 Å². The molecule has 0 aliphatic carbocycles. The van der Waals surface area contributed by atoms with Crippen LogP contribution in [0.25, 0.3) is 0 Å². The number of sulfonamides is 1. The summed E-state index contributed by atoms with van der Waals surface area (Å²) >= 11 is 0. The van der Waals surface area contributed by atoms with Gasteiger partial charge in [0.05, 0.1) is 17.7 Å². The Hall–Kier alpha value is -3.00. The molecular formula is C19H19FN4O4S. The number of aliphatic hydroxyl groups excluding tert-OH is 1. The summed E-state index contributed by atoms with van der Waals surface area (Å²) < 4.78 is 42.8. The lowest BCUT2D eigenvalue weighted by Gasteiger charge is -2.19. The number of aromatic nitrogens is 1. The highest BCUT2D eigenvalue weighted by Crippen LogP contribution is 2.28. The zero-order chi connectivity index (χ0) is 21.3. The van der Waals surface area contributed by atoms with Crippen molar-refractivity contribution in [2.75, 3.05) is 5.32 Å². The average molecular weight is 418 g/mol. The fourth-order valence-electron chi connectivity index (χ4n) is 3.32. The third-order valence-electron chi connectivity index (χ3n) is 4.76. The quantitative estimate of drug-likeness (QED) is 0.648. The number of fused-ring (bicyclic) bond motifs is 1. The normalized spacial score (nSPS) is 18.8. The Kier molecular flexibility index (Phi) is 5.57. The van der Waals surface area contributed by atoms with Gasteiger partial charge in [0.2, 0.25) is 10.0 Å². The molecule has 0 saturated carbocycles. The van der Waals surface area contributed by atoms with E-state index in [9.17, 15) is 22.7 Å². The van der Waals surface area contributed by atoms with E-state index in [-0.39, 0.29) is 34.7 Å². The molecule has 29 heavy (non-hydrogen) atoms. The van der Waals surface area contributed by atoms with Crippen LogP contribution >= 0.6 is 0 Å². The molecule has 3 rings (SSSR count). The second-order valence-corrected chi connectivity index (χ2v) is 8.37. The van der Waals surface area contributed by atoms with Gasteiger partial charge in [-0.15, -0.1) is 6.58 Å². The van der Waals surface area contributed by atoms with E-state index in [2.05, 4.69) is 16.6 Å². The molecular weight excluding hydrogens is 399 g/mol. The van der Waals surface area contributed by atoms with Crippen molar-refractivity contribution in [2.45, 2.75) is 29.9 Å². The van der Waals surface area contributed by atoms with E-state index in [1.54, 1.807) is 13.1 Å². The summed E-state index contributed by atoms with van der Waals surface area (Å²) in [5.74, 6) is -1.30. The molecule has 10 heteroatoms. The smallest absolute Gasteiger partial charge is 0.272 e. The van der Waals surface area contributed by atoms with Crippen LogP contribution in [0.15, 0.2) is 41.9 Å². The van der Waals surface area contributed by atoms with Crippen LogP contribution in [0.5, 0.6) is 0 Å². The Morgan fingerprint density at radius 3 is 2.93 bits per heavy atom. The molecule has 0 spiro atoms. The molecule has 0 fully saturated rings. The number of carbonyl (C=O) groups is 1. The van der Waals surface area contributed by atoms with Gasteiger partial charge in [0.15, 0.2) is 0 Å². The maximum absolute atomic E-state index is 13.5.